The molecule has 0 aliphatic carbocycles. The number of aromatic carboxylic acids is 1. The molecule has 0 heterocycles. The van der Waals surface area contributed by atoms with Crippen LogP contribution in [0.4, 0.5) is 10.5 Å². The maximum atomic E-state index is 11.9. The topological polar surface area (TPSA) is 78.4 Å². The maximum Gasteiger partial charge on any atom is 0.337 e. The lowest BCUT2D eigenvalue weighted by Crippen LogP contribution is -2.39. The van der Waals surface area contributed by atoms with Gasteiger partial charge in [-0.2, -0.15) is 0 Å². The maximum absolute atomic E-state index is 11.9. The van der Waals surface area contributed by atoms with Crippen molar-refractivity contribution in [1.29, 1.82) is 0 Å². The molecule has 21 heavy (non-hydrogen) atoms. The van der Waals surface area contributed by atoms with Gasteiger partial charge in [0.1, 0.15) is 0 Å². The van der Waals surface area contributed by atoms with Crippen molar-refractivity contribution in [2.24, 2.45) is 11.3 Å². The average molecular weight is 357 g/mol. The molecule has 0 unspecified atom stereocenters. The summed E-state index contributed by atoms with van der Waals surface area (Å²) >= 11 is 3.26. The highest BCUT2D eigenvalue weighted by atomic mass is 79.9. The number of hydrogen-bond acceptors (Lipinski definition) is 2. The van der Waals surface area contributed by atoms with Crippen molar-refractivity contribution in [2.45, 2.75) is 27.7 Å². The number of amides is 2. The largest absolute Gasteiger partial charge is 0.478 e. The van der Waals surface area contributed by atoms with E-state index in [4.69, 9.17) is 5.11 Å². The summed E-state index contributed by atoms with van der Waals surface area (Å²) in [6.07, 6.45) is 0. The number of hydrogen-bond donors (Lipinski definition) is 3. The summed E-state index contributed by atoms with van der Waals surface area (Å²) in [5.74, 6) is -0.668. The van der Waals surface area contributed by atoms with Crippen molar-refractivity contribution < 1.29 is 14.7 Å². The first-order valence-electron chi connectivity index (χ1n) is 6.71. The molecule has 0 spiro atoms. The predicted octanol–water partition coefficient (Wildman–Crippen LogP) is 3.95. The van der Waals surface area contributed by atoms with Crippen molar-refractivity contribution in [3.05, 3.63) is 28.2 Å². The summed E-state index contributed by atoms with van der Waals surface area (Å²) in [5.41, 5.74) is 0.276. The number of halogens is 1. The Morgan fingerprint density at radius 1 is 1.33 bits per heavy atom. The molecule has 0 bridgehead atoms. The minimum atomic E-state index is -1.08. The van der Waals surface area contributed by atoms with Gasteiger partial charge in [-0.3, -0.25) is 0 Å². The zero-order chi connectivity index (χ0) is 16.2. The van der Waals surface area contributed by atoms with Crippen LogP contribution in [0.3, 0.4) is 0 Å². The fraction of sp³-hybridized carbons (Fsp3) is 0.467. The van der Waals surface area contributed by atoms with Gasteiger partial charge >= 0.3 is 12.0 Å². The monoisotopic (exact) mass is 356 g/mol. The van der Waals surface area contributed by atoms with E-state index in [2.05, 4.69) is 54.3 Å². The van der Waals surface area contributed by atoms with Crippen LogP contribution in [0, 0.1) is 11.3 Å². The Morgan fingerprint density at radius 3 is 2.48 bits per heavy atom. The van der Waals surface area contributed by atoms with Crippen molar-refractivity contribution >= 4 is 33.6 Å². The fourth-order valence-electron chi connectivity index (χ4n) is 1.49. The highest BCUT2D eigenvalue weighted by molar-refractivity contribution is 9.10. The van der Waals surface area contributed by atoms with Gasteiger partial charge in [0.05, 0.1) is 11.3 Å². The summed E-state index contributed by atoms with van der Waals surface area (Å²) in [5, 5.41) is 14.5. The molecule has 116 valence electrons. The SMILES string of the molecule is CC(C)C(C)(C)CNC(=O)Nc1cc(Br)ccc1C(=O)O. The molecule has 2 amide bonds. The normalized spacial score (nSPS) is 11.3. The lowest BCUT2D eigenvalue weighted by molar-refractivity contribution is 0.0698. The molecule has 1 aromatic carbocycles. The number of carbonyl (C=O) groups excluding carboxylic acids is 1. The van der Waals surface area contributed by atoms with E-state index < -0.39 is 12.0 Å². The number of carbonyl (C=O) groups is 2. The first-order chi connectivity index (χ1) is 9.63. The number of benzene rings is 1. The number of carboxylic acids is 1. The van der Waals surface area contributed by atoms with E-state index in [9.17, 15) is 9.59 Å². The van der Waals surface area contributed by atoms with Gasteiger partial charge in [0.2, 0.25) is 0 Å². The quantitative estimate of drug-likeness (QED) is 0.747. The molecule has 0 saturated carbocycles. The van der Waals surface area contributed by atoms with Gasteiger partial charge in [-0.1, -0.05) is 43.6 Å². The highest BCUT2D eigenvalue weighted by Crippen LogP contribution is 2.25. The smallest absolute Gasteiger partial charge is 0.337 e. The second kappa shape index (κ2) is 6.93. The first kappa shape index (κ1) is 17.5. The van der Waals surface area contributed by atoms with Gasteiger partial charge in [-0.25, -0.2) is 9.59 Å². The Balaban J connectivity index is 2.76. The molecule has 0 saturated heterocycles. The summed E-state index contributed by atoms with van der Waals surface area (Å²) in [6.45, 7) is 8.83. The zero-order valence-electron chi connectivity index (χ0n) is 12.7. The van der Waals surface area contributed by atoms with Gasteiger partial charge in [0.15, 0.2) is 0 Å². The van der Waals surface area contributed by atoms with Gasteiger partial charge in [-0.05, 0) is 29.5 Å². The van der Waals surface area contributed by atoms with Crippen LogP contribution in [0.5, 0.6) is 0 Å². The van der Waals surface area contributed by atoms with E-state index in [-0.39, 0.29) is 16.7 Å². The third kappa shape index (κ3) is 5.04. The van der Waals surface area contributed by atoms with E-state index in [0.717, 1.165) is 0 Å². The van der Waals surface area contributed by atoms with Crippen LogP contribution in [0.15, 0.2) is 22.7 Å². The van der Waals surface area contributed by atoms with Gasteiger partial charge in [0.25, 0.3) is 0 Å². The fourth-order valence-corrected chi connectivity index (χ4v) is 1.85. The van der Waals surface area contributed by atoms with Crippen molar-refractivity contribution in [1.82, 2.24) is 5.32 Å². The van der Waals surface area contributed by atoms with Crippen LogP contribution < -0.4 is 10.6 Å². The Kier molecular flexibility index (Phi) is 5.78. The number of rotatable bonds is 5. The van der Waals surface area contributed by atoms with Crippen LogP contribution in [-0.4, -0.2) is 23.7 Å². The Hall–Kier alpha value is -1.56. The molecule has 0 radical (unpaired) electrons. The van der Waals surface area contributed by atoms with Gasteiger partial charge in [-0.15, -0.1) is 0 Å². The van der Waals surface area contributed by atoms with Crippen LogP contribution >= 0.6 is 15.9 Å². The molecule has 0 aromatic heterocycles. The minimum Gasteiger partial charge on any atom is -0.478 e. The molecule has 1 rings (SSSR count). The molecule has 0 aliphatic rings. The number of carboxylic acid groups (broad SMARTS) is 1. The molecule has 6 heteroatoms. The molecule has 5 nitrogen and oxygen atoms in total. The zero-order valence-corrected chi connectivity index (χ0v) is 14.2. The predicted molar refractivity (Wildman–Crippen MR) is 86.7 cm³/mol. The number of nitrogens with one attached hydrogen (secondary N) is 2. The average Bonchev–Trinajstić information content (AvgIpc) is 2.36. The Labute approximate surface area is 133 Å². The standard InChI is InChI=1S/C15H21BrN2O3/c1-9(2)15(3,4)8-17-14(21)18-12-7-10(16)5-6-11(12)13(19)20/h5-7,9H,8H2,1-4H3,(H,19,20)(H2,17,18,21). The first-order valence-corrected chi connectivity index (χ1v) is 7.50. The summed E-state index contributed by atoms with van der Waals surface area (Å²) in [7, 11) is 0. The van der Waals surface area contributed by atoms with E-state index in [1.54, 1.807) is 12.1 Å². The molecule has 0 atom stereocenters. The van der Waals surface area contributed by atoms with E-state index in [0.29, 0.717) is 16.9 Å². The molecule has 0 aliphatic heterocycles. The second-order valence-electron chi connectivity index (χ2n) is 5.95. The van der Waals surface area contributed by atoms with Crippen molar-refractivity contribution in [2.75, 3.05) is 11.9 Å². The lowest BCUT2D eigenvalue weighted by atomic mass is 9.81. The van der Waals surface area contributed by atoms with Gasteiger partial charge < -0.3 is 15.7 Å². The summed E-state index contributed by atoms with van der Waals surface area (Å²) < 4.78 is 0.699. The molecule has 3 N–H and O–H groups in total. The Morgan fingerprint density at radius 2 is 1.95 bits per heavy atom. The summed E-state index contributed by atoms with van der Waals surface area (Å²) in [6, 6.07) is 4.22. The molecular weight excluding hydrogens is 336 g/mol. The van der Waals surface area contributed by atoms with E-state index in [1.165, 1.54) is 6.07 Å². The third-order valence-electron chi connectivity index (χ3n) is 3.73. The lowest BCUT2D eigenvalue weighted by Gasteiger charge is -2.29. The molecule has 1 aromatic rings. The van der Waals surface area contributed by atoms with E-state index in [1.807, 2.05) is 0 Å². The molecule has 0 fully saturated rings. The number of anilines is 1. The Bertz CT molecular complexity index is 542. The van der Waals surface area contributed by atoms with Gasteiger partial charge in [0, 0.05) is 11.0 Å². The third-order valence-corrected chi connectivity index (χ3v) is 4.22. The second-order valence-corrected chi connectivity index (χ2v) is 6.86. The number of urea groups is 1. The highest BCUT2D eigenvalue weighted by Gasteiger charge is 2.23. The molecular formula is C15H21BrN2O3. The van der Waals surface area contributed by atoms with Crippen molar-refractivity contribution in [3.8, 4) is 0 Å². The van der Waals surface area contributed by atoms with Crippen molar-refractivity contribution in [3.63, 3.8) is 0 Å². The summed E-state index contributed by atoms with van der Waals surface area (Å²) in [4.78, 5) is 23.1. The van der Waals surface area contributed by atoms with Crippen LogP contribution in [0.2, 0.25) is 0 Å². The van der Waals surface area contributed by atoms with E-state index >= 15 is 0 Å². The van der Waals surface area contributed by atoms with Crippen LogP contribution in [0.25, 0.3) is 0 Å². The van der Waals surface area contributed by atoms with Crippen LogP contribution in [-0.2, 0) is 0 Å². The minimum absolute atomic E-state index is 0.0375. The van der Waals surface area contributed by atoms with Crippen LogP contribution in [0.1, 0.15) is 38.1 Å².